The summed E-state index contributed by atoms with van der Waals surface area (Å²) in [6.07, 6.45) is 0. The average Bonchev–Trinajstić information content (AvgIpc) is 3.00. The summed E-state index contributed by atoms with van der Waals surface area (Å²) in [4.78, 5) is 47.6. The summed E-state index contributed by atoms with van der Waals surface area (Å²) in [6, 6.07) is 7.94. The summed E-state index contributed by atoms with van der Waals surface area (Å²) < 4.78 is 11.7. The molecule has 0 saturated heterocycles. The second-order valence-electron chi connectivity index (χ2n) is 6.46. The van der Waals surface area contributed by atoms with E-state index in [4.69, 9.17) is 9.47 Å². The lowest BCUT2D eigenvalue weighted by Crippen LogP contribution is -2.23. The number of anilines is 1. The van der Waals surface area contributed by atoms with E-state index in [1.165, 1.54) is 7.05 Å². The zero-order chi connectivity index (χ0) is 22.3. The topological polar surface area (TPSA) is 116 Å². The van der Waals surface area contributed by atoms with E-state index in [9.17, 15) is 19.2 Å². The quantitative estimate of drug-likeness (QED) is 0.636. The van der Waals surface area contributed by atoms with Crippen molar-refractivity contribution >= 4 is 29.4 Å². The normalized spacial score (nSPS) is 10.3. The maximum Gasteiger partial charge on any atom is 0.339 e. The number of benzene rings is 1. The van der Waals surface area contributed by atoms with E-state index < -0.39 is 24.5 Å². The molecule has 0 saturated carbocycles. The highest BCUT2D eigenvalue weighted by molar-refractivity contribution is 5.96. The monoisotopic (exact) mass is 415 g/mol. The van der Waals surface area contributed by atoms with Gasteiger partial charge in [0, 0.05) is 29.7 Å². The van der Waals surface area contributed by atoms with Gasteiger partial charge in [-0.25, -0.2) is 4.79 Å². The molecule has 0 bridgehead atoms. The van der Waals surface area contributed by atoms with Crippen LogP contribution in [-0.4, -0.2) is 48.6 Å². The molecule has 1 aromatic heterocycles. The highest BCUT2D eigenvalue weighted by atomic mass is 16.5. The standard InChI is InChI=1S/C21H25N3O6/c1-5-29-21(28)17-10-13(2)24(14(17)3)11-19(26)30-12-18(25)23-16-8-6-15(7-9-16)20(27)22-4/h6-10H,5,11-12H2,1-4H3,(H,22,27)(H,23,25). The van der Waals surface area contributed by atoms with Crippen LogP contribution in [0.25, 0.3) is 0 Å². The van der Waals surface area contributed by atoms with Crippen molar-refractivity contribution in [2.24, 2.45) is 0 Å². The first-order chi connectivity index (χ1) is 14.3. The maximum absolute atomic E-state index is 12.1. The highest BCUT2D eigenvalue weighted by Gasteiger charge is 2.19. The van der Waals surface area contributed by atoms with Crippen LogP contribution in [-0.2, 0) is 25.6 Å². The second kappa shape index (κ2) is 10.2. The Kier molecular flexibility index (Phi) is 7.74. The number of esters is 2. The number of rotatable bonds is 8. The molecule has 2 amide bonds. The van der Waals surface area contributed by atoms with Gasteiger partial charge in [-0.1, -0.05) is 0 Å². The van der Waals surface area contributed by atoms with Gasteiger partial charge in [-0.05, 0) is 51.1 Å². The summed E-state index contributed by atoms with van der Waals surface area (Å²) in [6.45, 7) is 4.86. The number of hydrogen-bond donors (Lipinski definition) is 2. The van der Waals surface area contributed by atoms with Crippen LogP contribution in [0.4, 0.5) is 5.69 Å². The van der Waals surface area contributed by atoms with Gasteiger partial charge in [-0.15, -0.1) is 0 Å². The first-order valence-electron chi connectivity index (χ1n) is 9.38. The Morgan fingerprint density at radius 1 is 1.03 bits per heavy atom. The largest absolute Gasteiger partial charge is 0.462 e. The number of ether oxygens (including phenoxy) is 2. The average molecular weight is 415 g/mol. The molecule has 9 heteroatoms. The van der Waals surface area contributed by atoms with Crippen LogP contribution in [0, 0.1) is 13.8 Å². The zero-order valence-corrected chi connectivity index (χ0v) is 17.4. The van der Waals surface area contributed by atoms with Gasteiger partial charge in [-0.2, -0.15) is 0 Å². The van der Waals surface area contributed by atoms with Crippen molar-refractivity contribution in [2.75, 3.05) is 25.6 Å². The Bertz CT molecular complexity index is 946. The van der Waals surface area contributed by atoms with Crippen molar-refractivity contribution in [3.05, 3.63) is 52.8 Å². The second-order valence-corrected chi connectivity index (χ2v) is 6.46. The Morgan fingerprint density at radius 2 is 1.70 bits per heavy atom. The van der Waals surface area contributed by atoms with Crippen LogP contribution in [0.1, 0.15) is 39.0 Å². The van der Waals surface area contributed by atoms with Crippen molar-refractivity contribution in [1.29, 1.82) is 0 Å². The van der Waals surface area contributed by atoms with Crippen LogP contribution in [0.5, 0.6) is 0 Å². The Balaban J connectivity index is 1.89. The van der Waals surface area contributed by atoms with Crippen molar-refractivity contribution in [3.63, 3.8) is 0 Å². The molecule has 0 atom stereocenters. The number of carbonyl (C=O) groups excluding carboxylic acids is 4. The van der Waals surface area contributed by atoms with Gasteiger partial charge in [0.2, 0.25) is 0 Å². The Hall–Kier alpha value is -3.62. The lowest BCUT2D eigenvalue weighted by molar-refractivity contribution is -0.147. The SMILES string of the molecule is CCOC(=O)c1cc(C)n(CC(=O)OCC(=O)Nc2ccc(C(=O)NC)cc2)c1C. The molecule has 1 aromatic carbocycles. The van der Waals surface area contributed by atoms with Crippen LogP contribution in [0.2, 0.25) is 0 Å². The van der Waals surface area contributed by atoms with Gasteiger partial charge in [0.15, 0.2) is 6.61 Å². The number of hydrogen-bond acceptors (Lipinski definition) is 6. The molecule has 30 heavy (non-hydrogen) atoms. The molecule has 0 unspecified atom stereocenters. The Labute approximate surface area is 174 Å². The van der Waals surface area contributed by atoms with E-state index in [0.29, 0.717) is 28.2 Å². The van der Waals surface area contributed by atoms with E-state index in [0.717, 1.165) is 0 Å². The number of carbonyl (C=O) groups is 4. The fourth-order valence-corrected chi connectivity index (χ4v) is 2.83. The van der Waals surface area contributed by atoms with Crippen molar-refractivity contribution in [2.45, 2.75) is 27.3 Å². The Morgan fingerprint density at radius 3 is 2.30 bits per heavy atom. The van der Waals surface area contributed by atoms with Crippen molar-refractivity contribution < 1.29 is 28.7 Å². The molecule has 2 aromatic rings. The lowest BCUT2D eigenvalue weighted by atomic mass is 10.2. The molecule has 9 nitrogen and oxygen atoms in total. The number of nitrogens with zero attached hydrogens (tertiary/aromatic N) is 1. The highest BCUT2D eigenvalue weighted by Crippen LogP contribution is 2.16. The molecule has 0 fully saturated rings. The minimum absolute atomic E-state index is 0.134. The molecule has 0 radical (unpaired) electrons. The molecule has 1 heterocycles. The van der Waals surface area contributed by atoms with E-state index in [1.807, 2.05) is 0 Å². The van der Waals surface area contributed by atoms with Gasteiger partial charge in [-0.3, -0.25) is 14.4 Å². The predicted octanol–water partition coefficient (Wildman–Crippen LogP) is 1.82. The molecule has 0 aliphatic rings. The maximum atomic E-state index is 12.1. The van der Waals surface area contributed by atoms with Crippen molar-refractivity contribution in [3.8, 4) is 0 Å². The zero-order valence-electron chi connectivity index (χ0n) is 17.4. The number of amides is 2. The number of nitrogens with one attached hydrogen (secondary N) is 2. The number of aromatic nitrogens is 1. The van der Waals surface area contributed by atoms with Crippen molar-refractivity contribution in [1.82, 2.24) is 9.88 Å². The van der Waals surface area contributed by atoms with E-state index in [1.54, 1.807) is 55.7 Å². The van der Waals surface area contributed by atoms with Crippen LogP contribution >= 0.6 is 0 Å². The van der Waals surface area contributed by atoms with Crippen LogP contribution in [0.15, 0.2) is 30.3 Å². The fourth-order valence-electron chi connectivity index (χ4n) is 2.83. The van der Waals surface area contributed by atoms with E-state index in [2.05, 4.69) is 10.6 Å². The van der Waals surface area contributed by atoms with Gasteiger partial charge in [0.05, 0.1) is 12.2 Å². The lowest BCUT2D eigenvalue weighted by Gasteiger charge is -2.10. The smallest absolute Gasteiger partial charge is 0.339 e. The van der Waals surface area contributed by atoms with Gasteiger partial charge in [0.25, 0.3) is 11.8 Å². The predicted molar refractivity (Wildman–Crippen MR) is 109 cm³/mol. The van der Waals surface area contributed by atoms with E-state index >= 15 is 0 Å². The summed E-state index contributed by atoms with van der Waals surface area (Å²) in [5.41, 5.74) is 2.61. The molecule has 0 aliphatic heterocycles. The van der Waals surface area contributed by atoms with Gasteiger partial charge >= 0.3 is 11.9 Å². The van der Waals surface area contributed by atoms with Crippen LogP contribution in [0.3, 0.4) is 0 Å². The molecule has 2 N–H and O–H groups in total. The third-order valence-electron chi connectivity index (χ3n) is 4.38. The first kappa shape index (κ1) is 22.7. The molecule has 2 rings (SSSR count). The van der Waals surface area contributed by atoms with Gasteiger partial charge in [0.1, 0.15) is 6.54 Å². The minimum atomic E-state index is -0.614. The summed E-state index contributed by atoms with van der Waals surface area (Å²) >= 11 is 0. The molecular weight excluding hydrogens is 390 g/mol. The third kappa shape index (κ3) is 5.69. The number of aryl methyl sites for hydroxylation is 1. The summed E-state index contributed by atoms with van der Waals surface area (Å²) in [5.74, 6) is -1.81. The summed E-state index contributed by atoms with van der Waals surface area (Å²) in [5, 5.41) is 5.09. The minimum Gasteiger partial charge on any atom is -0.462 e. The van der Waals surface area contributed by atoms with Gasteiger partial charge < -0.3 is 24.7 Å². The van der Waals surface area contributed by atoms with E-state index in [-0.39, 0.29) is 19.1 Å². The fraction of sp³-hybridized carbons (Fsp3) is 0.333. The molecule has 0 spiro atoms. The molecule has 160 valence electrons. The molecule has 0 aliphatic carbocycles. The third-order valence-corrected chi connectivity index (χ3v) is 4.38. The van der Waals surface area contributed by atoms with Crippen LogP contribution < -0.4 is 10.6 Å². The summed E-state index contributed by atoms with van der Waals surface area (Å²) in [7, 11) is 1.53. The molecular formula is C21H25N3O6. The first-order valence-corrected chi connectivity index (χ1v) is 9.38.